The molecule has 0 aromatic heterocycles. The van der Waals surface area contributed by atoms with Crippen LogP contribution in [0.1, 0.15) is 19.3 Å². The van der Waals surface area contributed by atoms with Crippen molar-refractivity contribution in [2.45, 2.75) is 35.4 Å². The molecule has 0 spiro atoms. The average Bonchev–Trinajstić information content (AvgIpc) is 2.84. The van der Waals surface area contributed by atoms with Gasteiger partial charge in [0.25, 0.3) is 0 Å². The molecule has 3 N–H and O–H groups in total. The molecule has 0 radical (unpaired) electrons. The number of phenols is 1. The molecule has 20 heavy (non-hydrogen) atoms. The highest BCUT2D eigenvalue weighted by Gasteiger charge is 2.38. The van der Waals surface area contributed by atoms with Crippen molar-refractivity contribution >= 4 is 27.1 Å². The fourth-order valence-corrected chi connectivity index (χ4v) is 5.12. The summed E-state index contributed by atoms with van der Waals surface area (Å²) in [4.78, 5) is 1.79. The van der Waals surface area contributed by atoms with Crippen LogP contribution in [0.5, 0.6) is 5.75 Å². The van der Waals surface area contributed by atoms with Gasteiger partial charge in [-0.05, 0) is 45.5 Å². The summed E-state index contributed by atoms with van der Waals surface area (Å²) in [6.07, 6.45) is 1.92. The number of sulfone groups is 1. The Labute approximate surface area is 124 Å². The second-order valence-electron chi connectivity index (χ2n) is 5.41. The first-order valence-electron chi connectivity index (χ1n) is 6.42. The summed E-state index contributed by atoms with van der Waals surface area (Å²) in [5.41, 5.74) is 5.60. The van der Waals surface area contributed by atoms with Crippen molar-refractivity contribution in [2.24, 2.45) is 0 Å². The Bertz CT molecular complexity index is 616. The Morgan fingerprint density at radius 2 is 2.00 bits per heavy atom. The van der Waals surface area contributed by atoms with Crippen molar-refractivity contribution in [3.05, 3.63) is 17.2 Å². The van der Waals surface area contributed by atoms with Gasteiger partial charge in [-0.15, -0.1) is 0 Å². The van der Waals surface area contributed by atoms with Crippen molar-refractivity contribution < 1.29 is 13.5 Å². The van der Waals surface area contributed by atoms with Gasteiger partial charge in [0.15, 0.2) is 15.6 Å². The third-order valence-electron chi connectivity index (χ3n) is 3.93. The number of anilines is 1. The van der Waals surface area contributed by atoms with E-state index >= 15 is 0 Å². The molecule has 0 unspecified atom stereocenters. The van der Waals surface area contributed by atoms with Gasteiger partial charge in [0.1, 0.15) is 4.90 Å². The van der Waals surface area contributed by atoms with Gasteiger partial charge in [0.2, 0.25) is 0 Å². The predicted molar refractivity (Wildman–Crippen MR) is 79.8 cm³/mol. The third-order valence-corrected chi connectivity index (χ3v) is 6.64. The number of aromatic hydroxyl groups is 1. The molecule has 1 aromatic carbocycles. The summed E-state index contributed by atoms with van der Waals surface area (Å²) in [6.45, 7) is 0. The van der Waals surface area contributed by atoms with E-state index in [1.807, 2.05) is 19.0 Å². The van der Waals surface area contributed by atoms with Crippen molar-refractivity contribution in [1.29, 1.82) is 0 Å². The van der Waals surface area contributed by atoms with E-state index in [1.54, 1.807) is 0 Å². The van der Waals surface area contributed by atoms with Crippen molar-refractivity contribution in [3.63, 3.8) is 0 Å². The monoisotopic (exact) mass is 318 g/mol. The normalized spacial score (nSPS) is 23.4. The molecular formula is C13H19ClN2O3S. The molecule has 2 rings (SSSR count). The number of rotatable bonds is 3. The van der Waals surface area contributed by atoms with E-state index in [9.17, 15) is 13.5 Å². The van der Waals surface area contributed by atoms with E-state index in [2.05, 4.69) is 0 Å². The predicted octanol–water partition coefficient (Wildman–Crippen LogP) is 1.88. The highest BCUT2D eigenvalue weighted by Crippen LogP contribution is 2.40. The van der Waals surface area contributed by atoms with E-state index in [0.29, 0.717) is 12.8 Å². The van der Waals surface area contributed by atoms with Crippen LogP contribution in [-0.4, -0.2) is 43.8 Å². The van der Waals surface area contributed by atoms with Crippen molar-refractivity contribution in [3.8, 4) is 5.75 Å². The van der Waals surface area contributed by atoms with Gasteiger partial charge in [0.05, 0.1) is 16.0 Å². The molecule has 7 heteroatoms. The lowest BCUT2D eigenvalue weighted by molar-refractivity contribution is 0.299. The smallest absolute Gasteiger partial charge is 0.186 e. The maximum Gasteiger partial charge on any atom is 0.186 e. The van der Waals surface area contributed by atoms with Gasteiger partial charge in [-0.1, -0.05) is 11.6 Å². The number of phenolic OH excluding ortho intramolecular Hbond substituents is 1. The zero-order valence-electron chi connectivity index (χ0n) is 11.5. The van der Waals surface area contributed by atoms with Crippen LogP contribution in [0.15, 0.2) is 17.0 Å². The van der Waals surface area contributed by atoms with Gasteiger partial charge in [-0.2, -0.15) is 0 Å². The van der Waals surface area contributed by atoms with Gasteiger partial charge < -0.3 is 15.7 Å². The fraction of sp³-hybridized carbons (Fsp3) is 0.538. The van der Waals surface area contributed by atoms with Crippen LogP contribution in [0.4, 0.5) is 5.69 Å². The van der Waals surface area contributed by atoms with E-state index in [4.69, 9.17) is 17.3 Å². The summed E-state index contributed by atoms with van der Waals surface area (Å²) in [6, 6.07) is 3.03. The quantitative estimate of drug-likeness (QED) is 0.656. The molecule has 0 bridgehead atoms. The molecule has 1 aromatic rings. The number of halogens is 1. The van der Waals surface area contributed by atoms with Crippen LogP contribution >= 0.6 is 11.6 Å². The molecule has 1 aliphatic rings. The Hall–Kier alpha value is -0.980. The van der Waals surface area contributed by atoms with Gasteiger partial charge >= 0.3 is 0 Å². The standard InChI is InChI=1S/C13H19ClN2O3S/c1-16(2)8-3-4-9(7-8)20(18,19)13-10(14)5-6-11(15)12(13)17/h5-6,8-9,17H,3-4,7,15H2,1-2H3/t8-,9+/m0/s1. The summed E-state index contributed by atoms with van der Waals surface area (Å²) < 4.78 is 25.4. The lowest BCUT2D eigenvalue weighted by Crippen LogP contribution is -2.27. The Morgan fingerprint density at radius 1 is 1.35 bits per heavy atom. The Balaban J connectivity index is 2.40. The maximum atomic E-state index is 12.7. The van der Waals surface area contributed by atoms with Crippen molar-refractivity contribution in [1.82, 2.24) is 4.90 Å². The van der Waals surface area contributed by atoms with E-state index < -0.39 is 20.8 Å². The lowest BCUT2D eigenvalue weighted by atomic mass is 10.2. The zero-order chi connectivity index (χ0) is 15.1. The largest absolute Gasteiger partial charge is 0.504 e. The minimum absolute atomic E-state index is 0.0185. The van der Waals surface area contributed by atoms with Crippen LogP contribution < -0.4 is 5.73 Å². The van der Waals surface area contributed by atoms with E-state index in [1.165, 1.54) is 12.1 Å². The number of hydrogen-bond donors (Lipinski definition) is 2. The maximum absolute atomic E-state index is 12.7. The lowest BCUT2D eigenvalue weighted by Gasteiger charge is -2.19. The Kier molecular flexibility index (Phi) is 4.18. The van der Waals surface area contributed by atoms with Crippen LogP contribution in [0.25, 0.3) is 0 Å². The fourth-order valence-electron chi connectivity index (χ4n) is 2.67. The van der Waals surface area contributed by atoms with Gasteiger partial charge in [-0.3, -0.25) is 0 Å². The van der Waals surface area contributed by atoms with E-state index in [0.717, 1.165) is 6.42 Å². The van der Waals surface area contributed by atoms with Crippen LogP contribution in [0, 0.1) is 0 Å². The SMILES string of the molecule is CN(C)[C@H]1CC[C@@H](S(=O)(=O)c2c(Cl)ccc(N)c2O)C1. The highest BCUT2D eigenvalue weighted by molar-refractivity contribution is 7.92. The molecule has 0 saturated heterocycles. The average molecular weight is 319 g/mol. The number of benzene rings is 1. The molecule has 1 aliphatic carbocycles. The number of nitrogens with two attached hydrogens (primary N) is 1. The number of nitrogens with zero attached hydrogens (tertiary/aromatic N) is 1. The highest BCUT2D eigenvalue weighted by atomic mass is 35.5. The second-order valence-corrected chi connectivity index (χ2v) is 7.98. The summed E-state index contributed by atoms with van der Waals surface area (Å²) in [5, 5.41) is 9.44. The first-order valence-corrected chi connectivity index (χ1v) is 8.35. The molecule has 1 fully saturated rings. The number of hydrogen-bond acceptors (Lipinski definition) is 5. The Morgan fingerprint density at radius 3 is 2.55 bits per heavy atom. The second kappa shape index (κ2) is 5.42. The molecule has 0 amide bonds. The first kappa shape index (κ1) is 15.4. The molecule has 5 nitrogen and oxygen atoms in total. The molecule has 0 heterocycles. The molecule has 1 saturated carbocycles. The summed E-state index contributed by atoms with van der Waals surface area (Å²) in [5.74, 6) is -0.439. The molecule has 0 aliphatic heterocycles. The number of nitrogen functional groups attached to an aromatic ring is 1. The van der Waals surface area contributed by atoms with Crippen LogP contribution in [0.3, 0.4) is 0 Å². The minimum atomic E-state index is -3.68. The van der Waals surface area contributed by atoms with Gasteiger partial charge in [-0.25, -0.2) is 8.42 Å². The van der Waals surface area contributed by atoms with Crippen LogP contribution in [0.2, 0.25) is 5.02 Å². The first-order chi connectivity index (χ1) is 9.25. The molecule has 2 atom stereocenters. The van der Waals surface area contributed by atoms with Crippen molar-refractivity contribution in [2.75, 3.05) is 19.8 Å². The summed E-state index contributed by atoms with van der Waals surface area (Å²) in [7, 11) is 0.193. The van der Waals surface area contributed by atoms with Gasteiger partial charge in [0, 0.05) is 6.04 Å². The van der Waals surface area contributed by atoms with E-state index in [-0.39, 0.29) is 21.6 Å². The topological polar surface area (TPSA) is 83.6 Å². The minimum Gasteiger partial charge on any atom is -0.504 e. The summed E-state index contributed by atoms with van der Waals surface area (Å²) >= 11 is 5.96. The molecular weight excluding hydrogens is 300 g/mol. The third kappa shape index (κ3) is 2.60. The van der Waals surface area contributed by atoms with Crippen LogP contribution in [-0.2, 0) is 9.84 Å². The molecule has 112 valence electrons. The zero-order valence-corrected chi connectivity index (χ0v) is 13.1.